The van der Waals surface area contributed by atoms with Crippen LogP contribution in [0, 0.1) is 0 Å². The highest BCUT2D eigenvalue weighted by molar-refractivity contribution is 5.89. The molecule has 1 fully saturated rings. The van der Waals surface area contributed by atoms with Gasteiger partial charge < -0.3 is 15.1 Å². The molecule has 5 heteroatoms. The number of carbonyl (C=O) groups is 2. The third-order valence-corrected chi connectivity index (χ3v) is 4.64. The van der Waals surface area contributed by atoms with E-state index in [1.54, 1.807) is 4.90 Å². The van der Waals surface area contributed by atoms with Crippen LogP contribution in [-0.4, -0.2) is 34.8 Å². The number of rotatable bonds is 6. The SMILES string of the molecule is CCN(Cc1ccccc1)C(=O)Nc1ccc(CN2CCCC2=O)cc1. The van der Waals surface area contributed by atoms with Crippen molar-refractivity contribution in [3.63, 3.8) is 0 Å². The Kier molecular flexibility index (Phi) is 5.89. The summed E-state index contributed by atoms with van der Waals surface area (Å²) < 4.78 is 0. The fraction of sp³-hybridized carbons (Fsp3) is 0.333. The van der Waals surface area contributed by atoms with Crippen molar-refractivity contribution in [2.45, 2.75) is 32.9 Å². The van der Waals surface area contributed by atoms with Crippen molar-refractivity contribution in [2.24, 2.45) is 0 Å². The molecule has 0 aliphatic carbocycles. The number of hydrogen-bond donors (Lipinski definition) is 1. The Morgan fingerprint density at radius 3 is 2.42 bits per heavy atom. The van der Waals surface area contributed by atoms with E-state index in [0.29, 0.717) is 26.1 Å². The lowest BCUT2D eigenvalue weighted by atomic mass is 10.2. The molecule has 1 heterocycles. The second-order valence-electron chi connectivity index (χ2n) is 6.55. The van der Waals surface area contributed by atoms with E-state index in [0.717, 1.165) is 29.8 Å². The van der Waals surface area contributed by atoms with Crippen LogP contribution in [0.25, 0.3) is 0 Å². The lowest BCUT2D eigenvalue weighted by molar-refractivity contribution is -0.128. The Morgan fingerprint density at radius 2 is 1.81 bits per heavy atom. The molecule has 136 valence electrons. The van der Waals surface area contributed by atoms with Gasteiger partial charge >= 0.3 is 6.03 Å². The highest BCUT2D eigenvalue weighted by atomic mass is 16.2. The summed E-state index contributed by atoms with van der Waals surface area (Å²) in [5, 5.41) is 2.95. The molecule has 0 unspecified atom stereocenters. The van der Waals surface area contributed by atoms with E-state index >= 15 is 0 Å². The Bertz CT molecular complexity index is 744. The van der Waals surface area contributed by atoms with E-state index in [2.05, 4.69) is 5.32 Å². The zero-order valence-electron chi connectivity index (χ0n) is 15.1. The normalized spacial score (nSPS) is 13.7. The number of likely N-dealkylation sites (tertiary alicyclic amines) is 1. The third-order valence-electron chi connectivity index (χ3n) is 4.64. The topological polar surface area (TPSA) is 52.7 Å². The van der Waals surface area contributed by atoms with Gasteiger partial charge in [0.25, 0.3) is 0 Å². The largest absolute Gasteiger partial charge is 0.338 e. The van der Waals surface area contributed by atoms with E-state index in [1.807, 2.05) is 66.4 Å². The minimum atomic E-state index is -0.112. The fourth-order valence-corrected chi connectivity index (χ4v) is 3.12. The maximum absolute atomic E-state index is 12.5. The standard InChI is InChI=1S/C21H25N3O2/c1-2-23(15-17-7-4-3-5-8-17)21(26)22-19-12-10-18(11-13-19)16-24-14-6-9-20(24)25/h3-5,7-8,10-13H,2,6,9,14-16H2,1H3,(H,22,26). The Hall–Kier alpha value is -2.82. The molecule has 1 aliphatic heterocycles. The zero-order chi connectivity index (χ0) is 18.4. The molecular formula is C21H25N3O2. The molecule has 2 aromatic rings. The van der Waals surface area contributed by atoms with Crippen LogP contribution in [-0.2, 0) is 17.9 Å². The van der Waals surface area contributed by atoms with E-state index < -0.39 is 0 Å². The second kappa shape index (κ2) is 8.52. The number of benzene rings is 2. The number of nitrogens with zero attached hydrogens (tertiary/aromatic N) is 2. The van der Waals surface area contributed by atoms with Crippen molar-refractivity contribution in [3.8, 4) is 0 Å². The van der Waals surface area contributed by atoms with Gasteiger partial charge in [-0.15, -0.1) is 0 Å². The fourth-order valence-electron chi connectivity index (χ4n) is 3.12. The van der Waals surface area contributed by atoms with Crippen LogP contribution in [0.1, 0.15) is 30.9 Å². The van der Waals surface area contributed by atoms with Crippen LogP contribution in [0.4, 0.5) is 10.5 Å². The number of hydrogen-bond acceptors (Lipinski definition) is 2. The maximum Gasteiger partial charge on any atom is 0.322 e. The van der Waals surface area contributed by atoms with Crippen LogP contribution in [0.5, 0.6) is 0 Å². The molecule has 1 N–H and O–H groups in total. The average molecular weight is 351 g/mol. The molecule has 2 aromatic carbocycles. The average Bonchev–Trinajstić information content (AvgIpc) is 3.06. The second-order valence-corrected chi connectivity index (χ2v) is 6.55. The van der Waals surface area contributed by atoms with Gasteiger partial charge in [0.2, 0.25) is 5.91 Å². The smallest absolute Gasteiger partial charge is 0.322 e. The summed E-state index contributed by atoms with van der Waals surface area (Å²) in [6.45, 7) is 4.66. The van der Waals surface area contributed by atoms with Gasteiger partial charge in [0.05, 0.1) is 0 Å². The van der Waals surface area contributed by atoms with Crippen molar-refractivity contribution < 1.29 is 9.59 Å². The molecular weight excluding hydrogens is 326 g/mol. The summed E-state index contributed by atoms with van der Waals surface area (Å²) in [6, 6.07) is 17.6. The van der Waals surface area contributed by atoms with Gasteiger partial charge in [-0.05, 0) is 36.6 Å². The first kappa shape index (κ1) is 18.0. The molecule has 3 amide bonds. The highest BCUT2D eigenvalue weighted by Gasteiger charge is 2.20. The van der Waals surface area contributed by atoms with Gasteiger partial charge in [-0.1, -0.05) is 42.5 Å². The summed E-state index contributed by atoms with van der Waals surface area (Å²) in [7, 11) is 0. The molecule has 0 aromatic heterocycles. The minimum Gasteiger partial charge on any atom is -0.338 e. The summed E-state index contributed by atoms with van der Waals surface area (Å²) in [5.41, 5.74) is 2.95. The molecule has 0 saturated carbocycles. The van der Waals surface area contributed by atoms with Gasteiger partial charge in [-0.25, -0.2) is 4.79 Å². The molecule has 0 bridgehead atoms. The summed E-state index contributed by atoms with van der Waals surface area (Å²) in [5.74, 6) is 0.224. The van der Waals surface area contributed by atoms with E-state index in [1.165, 1.54) is 0 Å². The predicted octanol–water partition coefficient (Wildman–Crippen LogP) is 3.86. The van der Waals surface area contributed by atoms with Crippen LogP contribution < -0.4 is 5.32 Å². The summed E-state index contributed by atoms with van der Waals surface area (Å²) in [4.78, 5) is 27.9. The molecule has 0 atom stereocenters. The lowest BCUT2D eigenvalue weighted by Crippen LogP contribution is -2.34. The Labute approximate surface area is 154 Å². The predicted molar refractivity (Wildman–Crippen MR) is 103 cm³/mol. The molecule has 1 aliphatic rings. The van der Waals surface area contributed by atoms with E-state index in [-0.39, 0.29) is 11.9 Å². The Balaban J connectivity index is 1.57. The summed E-state index contributed by atoms with van der Waals surface area (Å²) in [6.07, 6.45) is 1.60. The van der Waals surface area contributed by atoms with Crippen molar-refractivity contribution in [1.29, 1.82) is 0 Å². The molecule has 3 rings (SSSR count). The third kappa shape index (κ3) is 4.63. The van der Waals surface area contributed by atoms with Gasteiger partial charge in [0.1, 0.15) is 0 Å². The quantitative estimate of drug-likeness (QED) is 0.859. The molecule has 26 heavy (non-hydrogen) atoms. The van der Waals surface area contributed by atoms with E-state index in [4.69, 9.17) is 0 Å². The zero-order valence-corrected chi connectivity index (χ0v) is 15.1. The van der Waals surface area contributed by atoms with Crippen molar-refractivity contribution in [3.05, 3.63) is 65.7 Å². The van der Waals surface area contributed by atoms with Gasteiger partial charge in [0, 0.05) is 38.3 Å². The lowest BCUT2D eigenvalue weighted by Gasteiger charge is -2.22. The van der Waals surface area contributed by atoms with Gasteiger partial charge in [-0.3, -0.25) is 4.79 Å². The van der Waals surface area contributed by atoms with Gasteiger partial charge in [0.15, 0.2) is 0 Å². The van der Waals surface area contributed by atoms with Crippen molar-refractivity contribution in [1.82, 2.24) is 9.80 Å². The first-order valence-electron chi connectivity index (χ1n) is 9.12. The van der Waals surface area contributed by atoms with Gasteiger partial charge in [-0.2, -0.15) is 0 Å². The number of urea groups is 1. The monoisotopic (exact) mass is 351 g/mol. The minimum absolute atomic E-state index is 0.112. The summed E-state index contributed by atoms with van der Waals surface area (Å²) >= 11 is 0. The molecule has 1 saturated heterocycles. The number of anilines is 1. The van der Waals surface area contributed by atoms with Crippen LogP contribution in [0.15, 0.2) is 54.6 Å². The molecule has 0 spiro atoms. The van der Waals surface area contributed by atoms with Crippen molar-refractivity contribution in [2.75, 3.05) is 18.4 Å². The van der Waals surface area contributed by atoms with Crippen LogP contribution >= 0.6 is 0 Å². The Morgan fingerprint density at radius 1 is 1.08 bits per heavy atom. The van der Waals surface area contributed by atoms with Crippen molar-refractivity contribution >= 4 is 17.6 Å². The van der Waals surface area contributed by atoms with E-state index in [9.17, 15) is 9.59 Å². The first-order valence-corrected chi connectivity index (χ1v) is 9.12. The van der Waals surface area contributed by atoms with Crippen LogP contribution in [0.2, 0.25) is 0 Å². The molecule has 0 radical (unpaired) electrons. The highest BCUT2D eigenvalue weighted by Crippen LogP contribution is 2.17. The number of nitrogens with one attached hydrogen (secondary N) is 1. The number of carbonyl (C=O) groups excluding carboxylic acids is 2. The molecule has 5 nitrogen and oxygen atoms in total. The maximum atomic E-state index is 12.5. The van der Waals surface area contributed by atoms with Crippen LogP contribution in [0.3, 0.4) is 0 Å². The number of amides is 3. The first-order chi connectivity index (χ1) is 12.7.